The summed E-state index contributed by atoms with van der Waals surface area (Å²) in [5, 5.41) is 0.802. The fourth-order valence-corrected chi connectivity index (χ4v) is 5.85. The van der Waals surface area contributed by atoms with Crippen molar-refractivity contribution in [1.29, 1.82) is 0 Å². The van der Waals surface area contributed by atoms with Crippen LogP contribution in [0.5, 0.6) is 11.5 Å². The fourth-order valence-electron chi connectivity index (χ4n) is 4.40. The van der Waals surface area contributed by atoms with E-state index in [0.717, 1.165) is 22.0 Å². The Morgan fingerprint density at radius 1 is 1.00 bits per heavy atom. The number of hydrogen-bond donors (Lipinski definition) is 1. The second-order valence-electron chi connectivity index (χ2n) is 9.08. The molecule has 4 aromatic rings. The number of H-pyrrole nitrogens is 1. The predicted octanol–water partition coefficient (Wildman–Crippen LogP) is 4.05. The number of carbonyl (C=O) groups is 1. The zero-order valence-corrected chi connectivity index (χ0v) is 21.9. The molecule has 196 valence electrons. The minimum Gasteiger partial charge on any atom is -0.465 e. The molecule has 0 unspecified atom stereocenters. The Bertz CT molecular complexity index is 1730. The van der Waals surface area contributed by atoms with Gasteiger partial charge in [0.2, 0.25) is 16.8 Å². The van der Waals surface area contributed by atoms with E-state index in [1.807, 2.05) is 26.0 Å². The molecule has 0 aliphatic carbocycles. The predicted molar refractivity (Wildman–Crippen MR) is 141 cm³/mol. The Kier molecular flexibility index (Phi) is 6.68. The minimum atomic E-state index is -4.16. The van der Waals surface area contributed by atoms with Crippen molar-refractivity contribution in [3.05, 3.63) is 98.8 Å². The molecule has 3 aromatic carbocycles. The summed E-state index contributed by atoms with van der Waals surface area (Å²) in [4.78, 5) is 28.0. The lowest BCUT2D eigenvalue weighted by Crippen LogP contribution is -2.32. The normalized spacial score (nSPS) is 12.7. The molecular formula is C28H26N2O7S. The van der Waals surface area contributed by atoms with Gasteiger partial charge in [-0.1, -0.05) is 24.3 Å². The Balaban J connectivity index is 1.58. The minimum absolute atomic E-state index is 0.0498. The first kappa shape index (κ1) is 25.5. The number of esters is 1. The molecule has 0 amide bonds. The van der Waals surface area contributed by atoms with Crippen LogP contribution in [0.2, 0.25) is 0 Å². The molecule has 0 saturated carbocycles. The van der Waals surface area contributed by atoms with Crippen molar-refractivity contribution in [2.75, 3.05) is 13.9 Å². The molecule has 1 aliphatic rings. The van der Waals surface area contributed by atoms with E-state index in [1.165, 1.54) is 35.7 Å². The van der Waals surface area contributed by atoms with Gasteiger partial charge in [0.25, 0.3) is 5.56 Å². The number of pyridine rings is 1. The van der Waals surface area contributed by atoms with Crippen LogP contribution < -0.4 is 15.0 Å². The van der Waals surface area contributed by atoms with Crippen LogP contribution in [0.3, 0.4) is 0 Å². The largest absolute Gasteiger partial charge is 0.465 e. The molecule has 0 spiro atoms. The third-order valence-corrected chi connectivity index (χ3v) is 8.45. The lowest BCUT2D eigenvalue weighted by molar-refractivity contribution is 0.0600. The summed E-state index contributed by atoms with van der Waals surface area (Å²) in [5.74, 6) is 0.438. The first-order valence-electron chi connectivity index (χ1n) is 11.9. The van der Waals surface area contributed by atoms with E-state index in [9.17, 15) is 18.0 Å². The van der Waals surface area contributed by atoms with Gasteiger partial charge in [0.05, 0.1) is 23.1 Å². The van der Waals surface area contributed by atoms with E-state index >= 15 is 0 Å². The van der Waals surface area contributed by atoms with Crippen LogP contribution in [0.15, 0.2) is 70.4 Å². The maximum absolute atomic E-state index is 13.9. The Labute approximate surface area is 219 Å². The molecule has 0 radical (unpaired) electrons. The SMILES string of the molecule is COC(=O)c1cccc(S(=O)(=O)N(Cc2ccc3c(c2)OCO3)Cc2cc3ccc(C)c(C)c3[nH]c2=O)c1. The van der Waals surface area contributed by atoms with Crippen LogP contribution in [-0.2, 0) is 27.8 Å². The number of aryl methyl sites for hydroxylation is 2. The van der Waals surface area contributed by atoms with Crippen LogP contribution in [0, 0.1) is 13.8 Å². The van der Waals surface area contributed by atoms with Gasteiger partial charge in [-0.2, -0.15) is 4.31 Å². The van der Waals surface area contributed by atoms with Gasteiger partial charge in [0.1, 0.15) is 0 Å². The van der Waals surface area contributed by atoms with Crippen LogP contribution >= 0.6 is 0 Å². The fraction of sp³-hybridized carbons (Fsp3) is 0.214. The van der Waals surface area contributed by atoms with E-state index in [2.05, 4.69) is 4.98 Å². The number of carbonyl (C=O) groups excluding carboxylic acids is 1. The van der Waals surface area contributed by atoms with Crippen molar-refractivity contribution in [1.82, 2.24) is 9.29 Å². The topological polar surface area (TPSA) is 115 Å². The molecule has 0 saturated heterocycles. The van der Waals surface area contributed by atoms with Gasteiger partial charge in [0.15, 0.2) is 11.5 Å². The average Bonchev–Trinajstić information content (AvgIpc) is 3.39. The smallest absolute Gasteiger partial charge is 0.337 e. The van der Waals surface area contributed by atoms with E-state index in [1.54, 1.807) is 24.3 Å². The number of methoxy groups -OCH3 is 1. The van der Waals surface area contributed by atoms with Crippen molar-refractivity contribution >= 4 is 26.9 Å². The van der Waals surface area contributed by atoms with Crippen molar-refractivity contribution in [2.24, 2.45) is 0 Å². The summed E-state index contributed by atoms with van der Waals surface area (Å²) in [6.45, 7) is 3.73. The van der Waals surface area contributed by atoms with E-state index < -0.39 is 16.0 Å². The van der Waals surface area contributed by atoms with Crippen LogP contribution in [0.25, 0.3) is 10.9 Å². The highest BCUT2D eigenvalue weighted by molar-refractivity contribution is 7.89. The third-order valence-electron chi connectivity index (χ3n) is 6.66. The summed E-state index contributed by atoms with van der Waals surface area (Å²) in [6, 6.07) is 16.4. The molecule has 0 bridgehead atoms. The second kappa shape index (κ2) is 9.96. The molecule has 10 heteroatoms. The maximum Gasteiger partial charge on any atom is 0.337 e. The van der Waals surface area contributed by atoms with E-state index in [4.69, 9.17) is 14.2 Å². The van der Waals surface area contributed by atoms with Gasteiger partial charge in [-0.05, 0) is 72.3 Å². The first-order valence-corrected chi connectivity index (χ1v) is 13.3. The molecular weight excluding hydrogens is 508 g/mol. The van der Waals surface area contributed by atoms with Gasteiger partial charge in [-0.25, -0.2) is 13.2 Å². The maximum atomic E-state index is 13.9. The van der Waals surface area contributed by atoms with Crippen molar-refractivity contribution in [3.8, 4) is 11.5 Å². The van der Waals surface area contributed by atoms with Crippen LogP contribution in [0.4, 0.5) is 0 Å². The molecule has 9 nitrogen and oxygen atoms in total. The first-order chi connectivity index (χ1) is 18.2. The van der Waals surface area contributed by atoms with Crippen molar-refractivity contribution < 1.29 is 27.4 Å². The second-order valence-corrected chi connectivity index (χ2v) is 11.0. The van der Waals surface area contributed by atoms with Gasteiger partial charge in [-0.15, -0.1) is 0 Å². The summed E-state index contributed by atoms with van der Waals surface area (Å²) in [5.41, 5.74) is 3.37. The number of aromatic nitrogens is 1. The van der Waals surface area contributed by atoms with Crippen molar-refractivity contribution in [3.63, 3.8) is 0 Å². The Hall–Kier alpha value is -4.15. The number of rotatable bonds is 7. The number of nitrogens with zero attached hydrogens (tertiary/aromatic N) is 1. The number of hydrogen-bond acceptors (Lipinski definition) is 7. The lowest BCUT2D eigenvalue weighted by Gasteiger charge is -2.23. The monoisotopic (exact) mass is 534 g/mol. The highest BCUT2D eigenvalue weighted by Gasteiger charge is 2.28. The molecule has 1 aliphatic heterocycles. The summed E-state index contributed by atoms with van der Waals surface area (Å²) >= 11 is 0. The summed E-state index contributed by atoms with van der Waals surface area (Å²) < 4.78 is 44.6. The quantitative estimate of drug-likeness (QED) is 0.356. The Morgan fingerprint density at radius 2 is 1.79 bits per heavy atom. The number of ether oxygens (including phenoxy) is 3. The van der Waals surface area contributed by atoms with E-state index in [0.29, 0.717) is 17.1 Å². The molecule has 38 heavy (non-hydrogen) atoms. The standard InChI is InChI=1S/C28H26N2O7S/c1-17-7-9-20-12-22(27(31)29-26(20)18(17)2)15-30(14-19-8-10-24-25(11-19)37-16-36-24)38(33,34)23-6-4-5-21(13-23)28(32)35-3/h4-13H,14-16H2,1-3H3,(H,29,31). The molecule has 2 heterocycles. The molecule has 1 N–H and O–H groups in total. The Morgan fingerprint density at radius 3 is 2.58 bits per heavy atom. The molecule has 0 atom stereocenters. The number of sulfonamides is 1. The van der Waals surface area contributed by atoms with Gasteiger partial charge >= 0.3 is 5.97 Å². The molecule has 1 aromatic heterocycles. The summed E-state index contributed by atoms with van der Waals surface area (Å²) in [7, 11) is -2.93. The van der Waals surface area contributed by atoms with Crippen LogP contribution in [0.1, 0.15) is 32.6 Å². The average molecular weight is 535 g/mol. The zero-order chi connectivity index (χ0) is 27.0. The van der Waals surface area contributed by atoms with Gasteiger partial charge in [0, 0.05) is 18.7 Å². The van der Waals surface area contributed by atoms with Crippen molar-refractivity contribution in [2.45, 2.75) is 31.8 Å². The lowest BCUT2D eigenvalue weighted by atomic mass is 10.0. The highest BCUT2D eigenvalue weighted by Crippen LogP contribution is 2.33. The third kappa shape index (κ3) is 4.75. The van der Waals surface area contributed by atoms with Crippen LogP contribution in [-0.4, -0.2) is 37.6 Å². The van der Waals surface area contributed by atoms with E-state index in [-0.39, 0.29) is 41.5 Å². The highest BCUT2D eigenvalue weighted by atomic mass is 32.2. The number of fused-ring (bicyclic) bond motifs is 2. The molecule has 5 rings (SSSR count). The number of aromatic amines is 1. The van der Waals surface area contributed by atoms with Gasteiger partial charge in [-0.3, -0.25) is 4.79 Å². The summed E-state index contributed by atoms with van der Waals surface area (Å²) in [6.07, 6.45) is 0. The number of benzene rings is 3. The van der Waals surface area contributed by atoms with Gasteiger partial charge < -0.3 is 19.2 Å². The molecule has 0 fully saturated rings. The zero-order valence-electron chi connectivity index (χ0n) is 21.1. The number of nitrogens with one attached hydrogen (secondary N) is 1.